The average Bonchev–Trinajstić information content (AvgIpc) is 3.19. The normalized spacial score (nSPS) is 20.1. The van der Waals surface area contributed by atoms with Crippen LogP contribution in [0.25, 0.3) is 0 Å². The fraction of sp³-hybridized carbons (Fsp3) is 0.333. The number of fused-ring (bicyclic) bond motifs is 1. The molecule has 0 bridgehead atoms. The average molecular weight is 356 g/mol. The Morgan fingerprint density at radius 3 is 3.00 bits per heavy atom. The van der Waals surface area contributed by atoms with Gasteiger partial charge in [0, 0.05) is 17.8 Å². The number of nitrogens with zero attached hydrogens (tertiary/aromatic N) is 2. The first-order valence-electron chi connectivity index (χ1n) is 7.25. The zero-order valence-corrected chi connectivity index (χ0v) is 13.3. The monoisotopic (exact) mass is 356 g/mol. The van der Waals surface area contributed by atoms with E-state index in [-0.39, 0.29) is 24.3 Å². The number of carbonyl (C=O) groups excluding carboxylic acids is 1. The van der Waals surface area contributed by atoms with Gasteiger partial charge in [-0.1, -0.05) is 12.1 Å². The lowest BCUT2D eigenvalue weighted by Gasteiger charge is -2.33. The molecule has 3 heterocycles. The van der Waals surface area contributed by atoms with Gasteiger partial charge in [-0.3, -0.25) is 4.79 Å². The molecule has 24 heavy (non-hydrogen) atoms. The van der Waals surface area contributed by atoms with Crippen molar-refractivity contribution in [3.05, 3.63) is 46.8 Å². The summed E-state index contributed by atoms with van der Waals surface area (Å²) in [6, 6.07) is 1.27. The van der Waals surface area contributed by atoms with Gasteiger partial charge < -0.3 is 10.6 Å². The second-order valence-corrected chi connectivity index (χ2v) is 6.33. The summed E-state index contributed by atoms with van der Waals surface area (Å²) in [5.41, 5.74) is 0.0901. The third-order valence-electron chi connectivity index (χ3n) is 3.78. The number of halogens is 3. The van der Waals surface area contributed by atoms with Crippen LogP contribution in [-0.2, 0) is 0 Å². The number of carbonyl (C=O) groups is 1. The van der Waals surface area contributed by atoms with E-state index in [2.05, 4.69) is 22.3 Å². The summed E-state index contributed by atoms with van der Waals surface area (Å²) in [5, 5.41) is 11.2. The standard InChI is InChI=1S/C15H15F3N4OS/c1-2-5-19-14(23)9-8-20-22-12(15(16,17)18)7-10(21-13(9)22)11-4-3-6-24-11/h2-4,6,8,10,12,21H,1,5,7H2,(H,19,23)/t10-,12+/m0/s1. The molecule has 1 aliphatic heterocycles. The van der Waals surface area contributed by atoms with Crippen LogP contribution in [0.5, 0.6) is 0 Å². The van der Waals surface area contributed by atoms with Gasteiger partial charge in [0.05, 0.1) is 12.2 Å². The van der Waals surface area contributed by atoms with Crippen LogP contribution >= 0.6 is 11.3 Å². The van der Waals surface area contributed by atoms with Crippen molar-refractivity contribution in [1.82, 2.24) is 15.1 Å². The van der Waals surface area contributed by atoms with Crippen LogP contribution in [0.3, 0.4) is 0 Å². The summed E-state index contributed by atoms with van der Waals surface area (Å²) in [5.74, 6) is -0.403. The molecule has 5 nitrogen and oxygen atoms in total. The molecule has 1 aliphatic rings. The van der Waals surface area contributed by atoms with Gasteiger partial charge in [-0.05, 0) is 11.4 Å². The number of alkyl halides is 3. The van der Waals surface area contributed by atoms with E-state index < -0.39 is 24.2 Å². The minimum absolute atomic E-state index is 0.0866. The zero-order chi connectivity index (χ0) is 17.3. The van der Waals surface area contributed by atoms with Crippen LogP contribution in [-0.4, -0.2) is 28.4 Å². The molecule has 2 aromatic rings. The minimum Gasteiger partial charge on any atom is -0.362 e. The molecule has 3 rings (SSSR count). The van der Waals surface area contributed by atoms with E-state index in [0.717, 1.165) is 15.8 Å². The predicted octanol–water partition coefficient (Wildman–Crippen LogP) is 3.52. The van der Waals surface area contributed by atoms with Crippen molar-refractivity contribution in [2.75, 3.05) is 11.9 Å². The first-order chi connectivity index (χ1) is 11.4. The van der Waals surface area contributed by atoms with Gasteiger partial charge in [0.1, 0.15) is 11.4 Å². The van der Waals surface area contributed by atoms with Crippen molar-refractivity contribution in [1.29, 1.82) is 0 Å². The van der Waals surface area contributed by atoms with Gasteiger partial charge in [0.15, 0.2) is 6.04 Å². The maximum atomic E-state index is 13.4. The van der Waals surface area contributed by atoms with E-state index in [1.807, 2.05) is 5.38 Å². The van der Waals surface area contributed by atoms with Gasteiger partial charge in [0.2, 0.25) is 0 Å². The van der Waals surface area contributed by atoms with Gasteiger partial charge in [-0.15, -0.1) is 17.9 Å². The molecule has 0 saturated carbocycles. The second kappa shape index (κ2) is 6.31. The molecule has 0 fully saturated rings. The van der Waals surface area contributed by atoms with Gasteiger partial charge >= 0.3 is 6.18 Å². The molecule has 128 valence electrons. The van der Waals surface area contributed by atoms with E-state index in [1.165, 1.54) is 17.4 Å². The summed E-state index contributed by atoms with van der Waals surface area (Å²) in [7, 11) is 0. The second-order valence-electron chi connectivity index (χ2n) is 5.36. The Bertz CT molecular complexity index is 738. The lowest BCUT2D eigenvalue weighted by Crippen LogP contribution is -2.36. The van der Waals surface area contributed by atoms with Crippen molar-refractivity contribution >= 4 is 23.1 Å². The number of nitrogens with one attached hydrogen (secondary N) is 2. The molecule has 1 amide bonds. The Kier molecular flexibility index (Phi) is 4.35. The fourth-order valence-electron chi connectivity index (χ4n) is 2.66. The van der Waals surface area contributed by atoms with Crippen molar-refractivity contribution in [2.24, 2.45) is 0 Å². The minimum atomic E-state index is -4.45. The quantitative estimate of drug-likeness (QED) is 0.824. The molecular formula is C15H15F3N4OS. The third-order valence-corrected chi connectivity index (χ3v) is 4.76. The van der Waals surface area contributed by atoms with E-state index in [1.54, 1.807) is 12.1 Å². The number of hydrogen-bond donors (Lipinski definition) is 2. The number of anilines is 1. The third kappa shape index (κ3) is 3.03. The molecular weight excluding hydrogens is 341 g/mol. The van der Waals surface area contributed by atoms with Crippen molar-refractivity contribution in [2.45, 2.75) is 24.7 Å². The van der Waals surface area contributed by atoms with Gasteiger partial charge in [0.25, 0.3) is 5.91 Å². The summed E-state index contributed by atoms with van der Waals surface area (Å²) < 4.78 is 41.2. The van der Waals surface area contributed by atoms with Crippen LogP contribution < -0.4 is 10.6 Å². The number of aromatic nitrogens is 2. The number of amides is 1. The highest BCUT2D eigenvalue weighted by Crippen LogP contribution is 2.44. The van der Waals surface area contributed by atoms with Crippen molar-refractivity contribution < 1.29 is 18.0 Å². The zero-order valence-electron chi connectivity index (χ0n) is 12.5. The molecule has 0 unspecified atom stereocenters. The maximum absolute atomic E-state index is 13.4. The molecule has 2 aromatic heterocycles. The highest BCUT2D eigenvalue weighted by atomic mass is 32.1. The SMILES string of the molecule is C=CCNC(=O)c1cnn2c1N[C@H](c1cccs1)C[C@@H]2C(F)(F)F. The Labute approximate surface area is 140 Å². The molecule has 9 heteroatoms. The summed E-state index contributed by atoms with van der Waals surface area (Å²) in [6.07, 6.45) is -1.97. The summed E-state index contributed by atoms with van der Waals surface area (Å²) in [4.78, 5) is 12.9. The van der Waals surface area contributed by atoms with E-state index in [4.69, 9.17) is 0 Å². The Morgan fingerprint density at radius 2 is 2.38 bits per heavy atom. The number of hydrogen-bond acceptors (Lipinski definition) is 4. The van der Waals surface area contributed by atoms with Crippen LogP contribution in [0, 0.1) is 0 Å². The van der Waals surface area contributed by atoms with Gasteiger partial charge in [-0.25, -0.2) is 4.68 Å². The van der Waals surface area contributed by atoms with Crippen LogP contribution in [0.2, 0.25) is 0 Å². The van der Waals surface area contributed by atoms with Crippen molar-refractivity contribution in [3.8, 4) is 0 Å². The van der Waals surface area contributed by atoms with Gasteiger partial charge in [-0.2, -0.15) is 18.3 Å². The first-order valence-corrected chi connectivity index (χ1v) is 8.13. The Hall–Kier alpha value is -2.29. The van der Waals surface area contributed by atoms with E-state index >= 15 is 0 Å². The fourth-order valence-corrected chi connectivity index (χ4v) is 3.46. The molecule has 0 spiro atoms. The largest absolute Gasteiger partial charge is 0.410 e. The highest BCUT2D eigenvalue weighted by molar-refractivity contribution is 7.10. The molecule has 2 atom stereocenters. The summed E-state index contributed by atoms with van der Waals surface area (Å²) in [6.45, 7) is 3.72. The lowest BCUT2D eigenvalue weighted by atomic mass is 10.0. The predicted molar refractivity (Wildman–Crippen MR) is 85.1 cm³/mol. The Morgan fingerprint density at radius 1 is 1.58 bits per heavy atom. The lowest BCUT2D eigenvalue weighted by molar-refractivity contribution is -0.173. The summed E-state index contributed by atoms with van der Waals surface area (Å²) >= 11 is 1.37. The van der Waals surface area contributed by atoms with Crippen LogP contribution in [0.1, 0.15) is 33.7 Å². The van der Waals surface area contributed by atoms with Crippen LogP contribution in [0.15, 0.2) is 36.4 Å². The number of thiophene rings is 1. The Balaban J connectivity index is 1.99. The highest BCUT2D eigenvalue weighted by Gasteiger charge is 2.47. The topological polar surface area (TPSA) is 59.0 Å². The van der Waals surface area contributed by atoms with Crippen molar-refractivity contribution in [3.63, 3.8) is 0 Å². The molecule has 0 radical (unpaired) electrons. The first kappa shape index (κ1) is 16.6. The molecule has 2 N–H and O–H groups in total. The van der Waals surface area contributed by atoms with E-state index in [9.17, 15) is 18.0 Å². The maximum Gasteiger partial charge on any atom is 0.410 e. The van der Waals surface area contributed by atoms with Crippen LogP contribution in [0.4, 0.5) is 19.0 Å². The molecule has 0 aliphatic carbocycles. The molecule has 0 aromatic carbocycles. The van der Waals surface area contributed by atoms with E-state index in [0.29, 0.717) is 0 Å². The number of rotatable bonds is 4. The smallest absolute Gasteiger partial charge is 0.362 e. The molecule has 0 saturated heterocycles.